The fourth-order valence-electron chi connectivity index (χ4n) is 11.2. The van der Waals surface area contributed by atoms with Crippen molar-refractivity contribution in [2.75, 3.05) is 9.80 Å². The molecule has 0 spiro atoms. The van der Waals surface area contributed by atoms with Gasteiger partial charge in [-0.3, -0.25) is 0 Å². The molecule has 0 saturated heterocycles. The molecule has 280 valence electrons. The monoisotopic (exact) mass is 770 g/mol. The summed E-state index contributed by atoms with van der Waals surface area (Å²) in [6.07, 6.45) is 0. The number of fused-ring (bicyclic) bond motifs is 9. The maximum Gasteiger partial charge on any atom is 0.249 e. The Bertz CT molecular complexity index is 3340. The van der Waals surface area contributed by atoms with Crippen molar-refractivity contribution in [1.29, 1.82) is 0 Å². The van der Waals surface area contributed by atoms with Crippen LogP contribution in [0.1, 0.15) is 0 Å². The Morgan fingerprint density at radius 2 is 0.770 bits per heavy atom. The Balaban J connectivity index is 1.24. The number of hydrogen-bond donors (Lipinski definition) is 0. The van der Waals surface area contributed by atoms with E-state index in [0.29, 0.717) is 0 Å². The normalized spacial score (nSPS) is 13.4. The number of hydrogen-bond acceptors (Lipinski definition) is 2. The highest BCUT2D eigenvalue weighted by Crippen LogP contribution is 2.44. The SMILES string of the molecule is c1ccc(B2c3ccccc3B3c4ccccc4N(c4ccccc4)c4c3c2cc2c4B(c3ccccc3)c3ccccc3N2c2cccc3cc4ccccc4cc23)cc1. The molecule has 0 N–H and O–H groups in total. The number of anilines is 6. The third kappa shape index (κ3) is 5.07. The average molecular weight is 770 g/mol. The van der Waals surface area contributed by atoms with Gasteiger partial charge in [0.2, 0.25) is 20.1 Å². The largest absolute Gasteiger partial charge is 0.312 e. The van der Waals surface area contributed by atoms with Crippen molar-refractivity contribution in [2.24, 2.45) is 0 Å². The zero-order chi connectivity index (χ0) is 40.0. The summed E-state index contributed by atoms with van der Waals surface area (Å²) in [7, 11) is 0. The van der Waals surface area contributed by atoms with Gasteiger partial charge in [-0.2, -0.15) is 0 Å². The molecule has 3 aliphatic heterocycles. The van der Waals surface area contributed by atoms with E-state index < -0.39 is 0 Å². The van der Waals surface area contributed by atoms with Crippen LogP contribution in [0.4, 0.5) is 34.1 Å². The Morgan fingerprint density at radius 1 is 0.279 bits per heavy atom. The Kier molecular flexibility index (Phi) is 7.62. The summed E-state index contributed by atoms with van der Waals surface area (Å²) in [5.41, 5.74) is 19.4. The van der Waals surface area contributed by atoms with E-state index in [4.69, 9.17) is 0 Å². The lowest BCUT2D eigenvalue weighted by atomic mass is 9.19. The highest BCUT2D eigenvalue weighted by atomic mass is 15.2. The molecule has 2 nitrogen and oxygen atoms in total. The molecule has 0 atom stereocenters. The Morgan fingerprint density at radius 3 is 1.46 bits per heavy atom. The molecule has 3 heterocycles. The molecule has 0 aliphatic carbocycles. The highest BCUT2D eigenvalue weighted by Gasteiger charge is 2.49. The molecule has 0 saturated carbocycles. The smallest absolute Gasteiger partial charge is 0.249 e. The fourth-order valence-corrected chi connectivity index (χ4v) is 11.2. The molecule has 0 fully saturated rings. The van der Waals surface area contributed by atoms with Gasteiger partial charge < -0.3 is 9.80 Å². The van der Waals surface area contributed by atoms with Crippen molar-refractivity contribution in [3.8, 4) is 0 Å². The quantitative estimate of drug-likeness (QED) is 0.136. The average Bonchev–Trinajstić information content (AvgIpc) is 3.33. The lowest BCUT2D eigenvalue weighted by molar-refractivity contribution is 1.28. The maximum atomic E-state index is 2.61. The van der Waals surface area contributed by atoms with Gasteiger partial charge >= 0.3 is 0 Å². The predicted octanol–water partition coefficient (Wildman–Crippen LogP) is 7.42. The third-order valence-corrected chi connectivity index (χ3v) is 13.6. The standard InChI is InChI=1S/C56H37B3N2/c1-4-22-41(23-5-1)57-45-28-12-13-29-46(45)59-48-31-15-16-32-51(48)60(43-26-8-3-9-27-43)56-54(59)49(57)37-53-55(56)58(42-24-6-2-7-25-42)47-30-14-17-33-52(47)61(53)50-34-18-21-40-35-38-19-10-11-20-39(38)36-44(40)50/h1-37H. The van der Waals surface area contributed by atoms with Gasteiger partial charge in [-0.15, -0.1) is 0 Å². The maximum absolute atomic E-state index is 2.61. The number of rotatable bonds is 4. The Hall–Kier alpha value is -7.49. The zero-order valence-electron chi connectivity index (χ0n) is 33.5. The van der Waals surface area contributed by atoms with Crippen molar-refractivity contribution >= 4 is 125 Å². The molecule has 0 amide bonds. The molecule has 10 aromatic rings. The van der Waals surface area contributed by atoms with Crippen molar-refractivity contribution in [2.45, 2.75) is 0 Å². The number of para-hydroxylation sites is 3. The van der Waals surface area contributed by atoms with Gasteiger partial charge in [0.15, 0.2) is 0 Å². The van der Waals surface area contributed by atoms with E-state index in [-0.39, 0.29) is 20.1 Å². The molecular formula is C56H37B3N2. The molecule has 0 radical (unpaired) electrons. The lowest BCUT2D eigenvalue weighted by Crippen LogP contribution is -2.78. The van der Waals surface area contributed by atoms with Crippen LogP contribution in [0.3, 0.4) is 0 Å². The van der Waals surface area contributed by atoms with Crippen LogP contribution < -0.4 is 59.0 Å². The van der Waals surface area contributed by atoms with E-state index in [1.165, 1.54) is 99.1 Å². The van der Waals surface area contributed by atoms with E-state index in [1.54, 1.807) is 0 Å². The summed E-state index contributed by atoms with van der Waals surface area (Å²) >= 11 is 0. The van der Waals surface area contributed by atoms with Crippen molar-refractivity contribution in [3.05, 3.63) is 224 Å². The van der Waals surface area contributed by atoms with E-state index in [2.05, 4.69) is 234 Å². The molecule has 13 rings (SSSR count). The number of benzene rings is 10. The molecule has 5 heteroatoms. The first-order valence-corrected chi connectivity index (χ1v) is 21.5. The van der Waals surface area contributed by atoms with E-state index in [1.807, 2.05) is 0 Å². The first-order chi connectivity index (χ1) is 30.3. The van der Waals surface area contributed by atoms with Crippen LogP contribution in [-0.2, 0) is 0 Å². The van der Waals surface area contributed by atoms with Gasteiger partial charge in [0.25, 0.3) is 0 Å². The van der Waals surface area contributed by atoms with Crippen LogP contribution in [0.25, 0.3) is 21.5 Å². The lowest BCUT2D eigenvalue weighted by Gasteiger charge is -2.47. The van der Waals surface area contributed by atoms with Crippen LogP contribution in [-0.4, -0.2) is 20.1 Å². The van der Waals surface area contributed by atoms with Gasteiger partial charge in [0.1, 0.15) is 0 Å². The summed E-state index contributed by atoms with van der Waals surface area (Å²) in [6.45, 7) is 0.0408. The van der Waals surface area contributed by atoms with Crippen LogP contribution in [0.5, 0.6) is 0 Å². The molecule has 0 unspecified atom stereocenters. The first-order valence-electron chi connectivity index (χ1n) is 21.5. The van der Waals surface area contributed by atoms with E-state index >= 15 is 0 Å². The Labute approximate surface area is 357 Å². The molecule has 0 aromatic heterocycles. The van der Waals surface area contributed by atoms with Gasteiger partial charge in [-0.05, 0) is 86.5 Å². The minimum absolute atomic E-state index is 0.0289. The molecule has 0 bridgehead atoms. The van der Waals surface area contributed by atoms with E-state index in [0.717, 1.165) is 5.69 Å². The zero-order valence-corrected chi connectivity index (χ0v) is 33.5. The first kappa shape index (κ1) is 34.4. The molecule has 10 aromatic carbocycles. The van der Waals surface area contributed by atoms with E-state index in [9.17, 15) is 0 Å². The van der Waals surface area contributed by atoms with Crippen LogP contribution in [0, 0.1) is 0 Å². The highest BCUT2D eigenvalue weighted by molar-refractivity contribution is 7.13. The van der Waals surface area contributed by atoms with Gasteiger partial charge in [-0.1, -0.05) is 203 Å². The topological polar surface area (TPSA) is 6.48 Å². The molecular weight excluding hydrogens is 733 g/mol. The summed E-state index contributed by atoms with van der Waals surface area (Å²) in [4.78, 5) is 5.22. The van der Waals surface area contributed by atoms with Crippen LogP contribution in [0.15, 0.2) is 224 Å². The second-order valence-corrected chi connectivity index (χ2v) is 16.7. The second kappa shape index (κ2) is 13.5. The molecule has 3 aliphatic rings. The minimum Gasteiger partial charge on any atom is -0.312 e. The number of nitrogens with zero attached hydrogens (tertiary/aromatic N) is 2. The summed E-state index contributed by atoms with van der Waals surface area (Å²) < 4.78 is 0. The third-order valence-electron chi connectivity index (χ3n) is 13.6. The summed E-state index contributed by atoms with van der Waals surface area (Å²) in [6, 6.07) is 84.1. The summed E-state index contributed by atoms with van der Waals surface area (Å²) in [5, 5.41) is 4.96. The predicted molar refractivity (Wildman–Crippen MR) is 264 cm³/mol. The van der Waals surface area contributed by atoms with Crippen LogP contribution >= 0.6 is 0 Å². The molecule has 61 heavy (non-hydrogen) atoms. The van der Waals surface area contributed by atoms with Crippen LogP contribution in [0.2, 0.25) is 0 Å². The minimum atomic E-state index is -0.0378. The fraction of sp³-hybridized carbons (Fsp3) is 0. The van der Waals surface area contributed by atoms with Gasteiger partial charge in [-0.25, -0.2) is 0 Å². The van der Waals surface area contributed by atoms with Crippen molar-refractivity contribution < 1.29 is 0 Å². The second-order valence-electron chi connectivity index (χ2n) is 16.7. The van der Waals surface area contributed by atoms with Gasteiger partial charge in [0, 0.05) is 33.8 Å². The summed E-state index contributed by atoms with van der Waals surface area (Å²) in [5.74, 6) is 0. The van der Waals surface area contributed by atoms with Gasteiger partial charge in [0.05, 0.1) is 5.69 Å². The van der Waals surface area contributed by atoms with Crippen molar-refractivity contribution in [1.82, 2.24) is 0 Å². The van der Waals surface area contributed by atoms with Crippen molar-refractivity contribution in [3.63, 3.8) is 0 Å².